The molecule has 1 saturated carbocycles. The third kappa shape index (κ3) is 3.80. The van der Waals surface area contributed by atoms with Crippen LogP contribution in [-0.2, 0) is 22.6 Å². The van der Waals surface area contributed by atoms with Gasteiger partial charge in [0.05, 0.1) is 12.7 Å². The molecule has 18 heavy (non-hydrogen) atoms. The molecule has 1 aromatic carbocycles. The van der Waals surface area contributed by atoms with Gasteiger partial charge in [-0.25, -0.2) is 0 Å². The average molecular weight is 249 g/mol. The first kappa shape index (κ1) is 13.5. The molecule has 0 heterocycles. The summed E-state index contributed by atoms with van der Waals surface area (Å²) in [5.41, 5.74) is 2.56. The Labute approximate surface area is 109 Å². The van der Waals surface area contributed by atoms with Crippen LogP contribution in [0.25, 0.3) is 0 Å². The Hall–Kier alpha value is -0.900. The summed E-state index contributed by atoms with van der Waals surface area (Å²) in [5.74, 6) is 0. The van der Waals surface area contributed by atoms with Crippen LogP contribution in [0, 0.1) is 0 Å². The lowest BCUT2D eigenvalue weighted by molar-refractivity contribution is 0.107. The SMILES string of the molecule is COCc1cccc(CNC2CCC(OC)C2)c1. The van der Waals surface area contributed by atoms with Crippen LogP contribution in [0.2, 0.25) is 0 Å². The quantitative estimate of drug-likeness (QED) is 0.840. The monoisotopic (exact) mass is 249 g/mol. The summed E-state index contributed by atoms with van der Waals surface area (Å²) >= 11 is 0. The van der Waals surface area contributed by atoms with Gasteiger partial charge in [-0.2, -0.15) is 0 Å². The molecule has 2 atom stereocenters. The predicted octanol–water partition coefficient (Wildman–Crippen LogP) is 2.49. The topological polar surface area (TPSA) is 30.5 Å². The lowest BCUT2D eigenvalue weighted by atomic mass is 10.1. The van der Waals surface area contributed by atoms with Crippen molar-refractivity contribution in [1.29, 1.82) is 0 Å². The summed E-state index contributed by atoms with van der Waals surface area (Å²) in [7, 11) is 3.54. The number of benzene rings is 1. The number of hydrogen-bond donors (Lipinski definition) is 1. The Morgan fingerprint density at radius 3 is 2.78 bits per heavy atom. The number of ether oxygens (including phenoxy) is 2. The summed E-state index contributed by atoms with van der Waals surface area (Å²) in [6, 6.07) is 9.16. The molecule has 3 nitrogen and oxygen atoms in total. The summed E-state index contributed by atoms with van der Waals surface area (Å²) in [6.45, 7) is 1.61. The molecule has 0 bridgehead atoms. The minimum absolute atomic E-state index is 0.447. The number of nitrogens with one attached hydrogen (secondary N) is 1. The van der Waals surface area contributed by atoms with Crippen molar-refractivity contribution in [3.8, 4) is 0 Å². The number of hydrogen-bond acceptors (Lipinski definition) is 3. The number of methoxy groups -OCH3 is 2. The minimum atomic E-state index is 0.447. The van der Waals surface area contributed by atoms with Gasteiger partial charge in [-0.15, -0.1) is 0 Å². The minimum Gasteiger partial charge on any atom is -0.381 e. The first-order chi connectivity index (χ1) is 8.81. The lowest BCUT2D eigenvalue weighted by Crippen LogP contribution is -2.26. The van der Waals surface area contributed by atoms with E-state index in [2.05, 4.69) is 29.6 Å². The van der Waals surface area contributed by atoms with Crippen LogP contribution in [0.1, 0.15) is 30.4 Å². The van der Waals surface area contributed by atoms with Gasteiger partial charge in [-0.3, -0.25) is 0 Å². The van der Waals surface area contributed by atoms with E-state index in [9.17, 15) is 0 Å². The molecule has 3 heteroatoms. The van der Waals surface area contributed by atoms with E-state index in [1.165, 1.54) is 24.0 Å². The molecule has 100 valence electrons. The fourth-order valence-electron chi connectivity index (χ4n) is 2.60. The molecule has 0 radical (unpaired) electrons. The zero-order valence-electron chi connectivity index (χ0n) is 11.3. The molecule has 0 saturated heterocycles. The summed E-state index contributed by atoms with van der Waals surface area (Å²) in [4.78, 5) is 0. The Kier molecular flexibility index (Phi) is 5.17. The van der Waals surface area contributed by atoms with Gasteiger partial charge in [-0.1, -0.05) is 24.3 Å². The fraction of sp³-hybridized carbons (Fsp3) is 0.600. The summed E-state index contributed by atoms with van der Waals surface area (Å²) in [6.07, 6.45) is 3.98. The van der Waals surface area contributed by atoms with E-state index in [0.717, 1.165) is 13.0 Å². The van der Waals surface area contributed by atoms with E-state index < -0.39 is 0 Å². The normalized spacial score (nSPS) is 23.4. The van der Waals surface area contributed by atoms with Gasteiger partial charge < -0.3 is 14.8 Å². The zero-order valence-corrected chi connectivity index (χ0v) is 11.3. The third-order valence-electron chi connectivity index (χ3n) is 3.62. The molecule has 0 aliphatic heterocycles. The van der Waals surface area contributed by atoms with E-state index >= 15 is 0 Å². The zero-order chi connectivity index (χ0) is 12.8. The second-order valence-corrected chi connectivity index (χ2v) is 5.00. The number of rotatable bonds is 6. The van der Waals surface area contributed by atoms with Gasteiger partial charge in [-0.05, 0) is 30.4 Å². The molecule has 2 unspecified atom stereocenters. The second-order valence-electron chi connectivity index (χ2n) is 5.00. The molecular weight excluding hydrogens is 226 g/mol. The van der Waals surface area contributed by atoms with E-state index in [4.69, 9.17) is 9.47 Å². The van der Waals surface area contributed by atoms with Gasteiger partial charge in [0.25, 0.3) is 0 Å². The van der Waals surface area contributed by atoms with Crippen LogP contribution in [0.3, 0.4) is 0 Å². The standard InChI is InChI=1S/C15H23NO2/c1-17-11-13-5-3-4-12(8-13)10-16-14-6-7-15(9-14)18-2/h3-5,8,14-16H,6-7,9-11H2,1-2H3. The maximum absolute atomic E-state index is 5.39. The van der Waals surface area contributed by atoms with E-state index in [-0.39, 0.29) is 0 Å². The van der Waals surface area contributed by atoms with Crippen molar-refractivity contribution in [3.05, 3.63) is 35.4 Å². The van der Waals surface area contributed by atoms with Crippen LogP contribution in [0.5, 0.6) is 0 Å². The third-order valence-corrected chi connectivity index (χ3v) is 3.62. The Morgan fingerprint density at radius 1 is 1.22 bits per heavy atom. The van der Waals surface area contributed by atoms with Crippen molar-refractivity contribution in [2.75, 3.05) is 14.2 Å². The van der Waals surface area contributed by atoms with Gasteiger partial charge in [0.2, 0.25) is 0 Å². The molecule has 1 aromatic rings. The van der Waals surface area contributed by atoms with Gasteiger partial charge in [0.1, 0.15) is 0 Å². The molecule has 1 aliphatic rings. The highest BCUT2D eigenvalue weighted by molar-refractivity contribution is 5.22. The van der Waals surface area contributed by atoms with Crippen molar-refractivity contribution < 1.29 is 9.47 Å². The van der Waals surface area contributed by atoms with Gasteiger partial charge in [0, 0.05) is 26.8 Å². The summed E-state index contributed by atoms with van der Waals surface area (Å²) in [5, 5.41) is 3.61. The maximum atomic E-state index is 5.39. The molecule has 0 spiro atoms. The largest absolute Gasteiger partial charge is 0.381 e. The molecule has 0 amide bonds. The van der Waals surface area contributed by atoms with Gasteiger partial charge in [0.15, 0.2) is 0 Å². The highest BCUT2D eigenvalue weighted by atomic mass is 16.5. The highest BCUT2D eigenvalue weighted by Crippen LogP contribution is 2.21. The van der Waals surface area contributed by atoms with Crippen LogP contribution in [-0.4, -0.2) is 26.4 Å². The molecule has 1 fully saturated rings. The first-order valence-corrected chi connectivity index (χ1v) is 6.64. The van der Waals surface area contributed by atoms with E-state index in [1.807, 2.05) is 0 Å². The van der Waals surface area contributed by atoms with Crippen LogP contribution in [0.4, 0.5) is 0 Å². The van der Waals surface area contributed by atoms with Crippen molar-refractivity contribution in [1.82, 2.24) is 5.32 Å². The van der Waals surface area contributed by atoms with E-state index in [1.54, 1.807) is 14.2 Å². The van der Waals surface area contributed by atoms with Crippen molar-refractivity contribution in [3.63, 3.8) is 0 Å². The van der Waals surface area contributed by atoms with Crippen molar-refractivity contribution in [2.24, 2.45) is 0 Å². The molecule has 1 aliphatic carbocycles. The Morgan fingerprint density at radius 2 is 2.06 bits per heavy atom. The highest BCUT2D eigenvalue weighted by Gasteiger charge is 2.23. The van der Waals surface area contributed by atoms with Crippen LogP contribution >= 0.6 is 0 Å². The van der Waals surface area contributed by atoms with Crippen molar-refractivity contribution in [2.45, 2.75) is 44.6 Å². The lowest BCUT2D eigenvalue weighted by Gasteiger charge is -2.13. The average Bonchev–Trinajstić information content (AvgIpc) is 2.85. The molecular formula is C15H23NO2. The Balaban J connectivity index is 1.81. The van der Waals surface area contributed by atoms with Gasteiger partial charge >= 0.3 is 0 Å². The molecule has 0 aromatic heterocycles. The summed E-state index contributed by atoms with van der Waals surface area (Å²) < 4.78 is 10.5. The first-order valence-electron chi connectivity index (χ1n) is 6.64. The fourth-order valence-corrected chi connectivity index (χ4v) is 2.60. The molecule has 1 N–H and O–H groups in total. The molecule has 2 rings (SSSR count). The van der Waals surface area contributed by atoms with Crippen LogP contribution in [0.15, 0.2) is 24.3 Å². The van der Waals surface area contributed by atoms with Crippen molar-refractivity contribution >= 4 is 0 Å². The Bertz CT molecular complexity index is 367. The second kappa shape index (κ2) is 6.88. The smallest absolute Gasteiger partial charge is 0.0713 e. The van der Waals surface area contributed by atoms with Crippen LogP contribution < -0.4 is 5.32 Å². The predicted molar refractivity (Wildman–Crippen MR) is 72.4 cm³/mol. The van der Waals surface area contributed by atoms with E-state index in [0.29, 0.717) is 18.8 Å². The maximum Gasteiger partial charge on any atom is 0.0713 e.